The molecule has 152 valence electrons. The van der Waals surface area contributed by atoms with Gasteiger partial charge in [0.2, 0.25) is 0 Å². The molecule has 0 radical (unpaired) electrons. The standard InChI is InChI=1S/C21H33N3O2.HI/c1-22-21(23-11-15-25-17-20-8-5-14-26-20)24-12-9-19(10-13-24)16-18-6-3-2-4-7-18;/h2-4,6-7,19-20H,5,8-17H2,1H3,(H,22,23);1H. The minimum absolute atomic E-state index is 0. The second-order valence-corrected chi connectivity index (χ2v) is 7.30. The van der Waals surface area contributed by atoms with Crippen molar-refractivity contribution in [1.82, 2.24) is 10.2 Å². The first-order valence-corrected chi connectivity index (χ1v) is 10.0. The Labute approximate surface area is 180 Å². The van der Waals surface area contributed by atoms with Crippen LogP contribution < -0.4 is 5.32 Å². The van der Waals surface area contributed by atoms with Crippen LogP contribution in [0.1, 0.15) is 31.2 Å². The number of piperidine rings is 1. The smallest absolute Gasteiger partial charge is 0.193 e. The summed E-state index contributed by atoms with van der Waals surface area (Å²) >= 11 is 0. The highest BCUT2D eigenvalue weighted by Crippen LogP contribution is 2.21. The van der Waals surface area contributed by atoms with E-state index < -0.39 is 0 Å². The van der Waals surface area contributed by atoms with Gasteiger partial charge in [0, 0.05) is 33.3 Å². The molecule has 0 amide bonds. The number of halogens is 1. The topological polar surface area (TPSA) is 46.1 Å². The number of hydrogen-bond donors (Lipinski definition) is 1. The zero-order valence-corrected chi connectivity index (χ0v) is 18.8. The molecule has 0 bridgehead atoms. The lowest BCUT2D eigenvalue weighted by atomic mass is 9.90. The third-order valence-electron chi connectivity index (χ3n) is 5.35. The van der Waals surface area contributed by atoms with Gasteiger partial charge in [-0.05, 0) is 43.6 Å². The van der Waals surface area contributed by atoms with E-state index in [1.54, 1.807) is 0 Å². The van der Waals surface area contributed by atoms with Gasteiger partial charge < -0.3 is 19.7 Å². The van der Waals surface area contributed by atoms with E-state index in [0.717, 1.165) is 44.5 Å². The summed E-state index contributed by atoms with van der Waals surface area (Å²) in [6.45, 7) is 5.25. The molecule has 2 aliphatic heterocycles. The summed E-state index contributed by atoms with van der Waals surface area (Å²) in [5.74, 6) is 1.78. The summed E-state index contributed by atoms with van der Waals surface area (Å²) in [5, 5.41) is 3.44. The Morgan fingerprint density at radius 3 is 2.67 bits per heavy atom. The molecular formula is C21H34IN3O2. The average Bonchev–Trinajstić information content (AvgIpc) is 3.20. The summed E-state index contributed by atoms with van der Waals surface area (Å²) in [5.41, 5.74) is 1.46. The predicted octanol–water partition coefficient (Wildman–Crippen LogP) is 3.33. The van der Waals surface area contributed by atoms with E-state index in [-0.39, 0.29) is 24.0 Å². The molecule has 3 rings (SSSR count). The van der Waals surface area contributed by atoms with Crippen molar-refractivity contribution in [3.63, 3.8) is 0 Å². The highest BCUT2D eigenvalue weighted by atomic mass is 127. The predicted molar refractivity (Wildman–Crippen MR) is 121 cm³/mol. The number of rotatable bonds is 7. The van der Waals surface area contributed by atoms with Gasteiger partial charge in [-0.1, -0.05) is 30.3 Å². The molecule has 2 aliphatic rings. The maximum absolute atomic E-state index is 5.72. The molecule has 5 nitrogen and oxygen atoms in total. The van der Waals surface area contributed by atoms with Crippen molar-refractivity contribution in [3.8, 4) is 0 Å². The maximum Gasteiger partial charge on any atom is 0.193 e. The van der Waals surface area contributed by atoms with Crippen LogP contribution in [0, 0.1) is 5.92 Å². The third kappa shape index (κ3) is 7.58. The van der Waals surface area contributed by atoms with Gasteiger partial charge in [-0.3, -0.25) is 4.99 Å². The number of benzene rings is 1. The maximum atomic E-state index is 5.72. The third-order valence-corrected chi connectivity index (χ3v) is 5.35. The van der Waals surface area contributed by atoms with Crippen LogP contribution in [0.2, 0.25) is 0 Å². The van der Waals surface area contributed by atoms with Crippen LogP contribution in [0.25, 0.3) is 0 Å². The lowest BCUT2D eigenvalue weighted by Gasteiger charge is -2.34. The largest absolute Gasteiger partial charge is 0.377 e. The van der Waals surface area contributed by atoms with Crippen LogP contribution in [-0.4, -0.2) is 63.5 Å². The van der Waals surface area contributed by atoms with Crippen molar-refractivity contribution < 1.29 is 9.47 Å². The molecule has 6 heteroatoms. The second-order valence-electron chi connectivity index (χ2n) is 7.30. The number of ether oxygens (including phenoxy) is 2. The van der Waals surface area contributed by atoms with Gasteiger partial charge in [0.1, 0.15) is 0 Å². The minimum atomic E-state index is 0. The van der Waals surface area contributed by atoms with Crippen molar-refractivity contribution in [1.29, 1.82) is 0 Å². The van der Waals surface area contributed by atoms with E-state index in [1.165, 1.54) is 31.2 Å². The highest BCUT2D eigenvalue weighted by Gasteiger charge is 2.21. The Kier molecular flexibility index (Phi) is 10.4. The van der Waals surface area contributed by atoms with Gasteiger partial charge in [-0.2, -0.15) is 0 Å². The molecule has 1 aromatic carbocycles. The van der Waals surface area contributed by atoms with Crippen molar-refractivity contribution >= 4 is 29.9 Å². The molecule has 0 aliphatic carbocycles. The quantitative estimate of drug-likeness (QED) is 0.278. The van der Waals surface area contributed by atoms with E-state index in [2.05, 4.69) is 45.5 Å². The summed E-state index contributed by atoms with van der Waals surface area (Å²) in [6.07, 6.45) is 6.25. The molecule has 2 fully saturated rings. The van der Waals surface area contributed by atoms with E-state index in [0.29, 0.717) is 19.3 Å². The number of guanidine groups is 1. The molecule has 27 heavy (non-hydrogen) atoms. The van der Waals surface area contributed by atoms with Crippen LogP contribution in [0.4, 0.5) is 0 Å². The lowest BCUT2D eigenvalue weighted by Crippen LogP contribution is -2.46. The van der Waals surface area contributed by atoms with Crippen LogP contribution in [0.15, 0.2) is 35.3 Å². The Morgan fingerprint density at radius 2 is 2.00 bits per heavy atom. The van der Waals surface area contributed by atoms with E-state index in [1.807, 2.05) is 7.05 Å². The first-order chi connectivity index (χ1) is 12.8. The Morgan fingerprint density at radius 1 is 1.22 bits per heavy atom. The minimum Gasteiger partial charge on any atom is -0.377 e. The number of nitrogens with one attached hydrogen (secondary N) is 1. The van der Waals surface area contributed by atoms with Crippen molar-refractivity contribution in [2.24, 2.45) is 10.9 Å². The van der Waals surface area contributed by atoms with Gasteiger partial charge in [-0.15, -0.1) is 24.0 Å². The van der Waals surface area contributed by atoms with Crippen LogP contribution in [0.5, 0.6) is 0 Å². The first-order valence-electron chi connectivity index (χ1n) is 10.0. The normalized spacial score (nSPS) is 21.1. The summed E-state index contributed by atoms with van der Waals surface area (Å²) < 4.78 is 11.3. The van der Waals surface area contributed by atoms with E-state index in [9.17, 15) is 0 Å². The number of nitrogens with zero attached hydrogens (tertiary/aromatic N) is 2. The van der Waals surface area contributed by atoms with Crippen LogP contribution >= 0.6 is 24.0 Å². The SMILES string of the molecule is CN=C(NCCOCC1CCCO1)N1CCC(Cc2ccccc2)CC1.I. The molecule has 2 heterocycles. The van der Waals surface area contributed by atoms with Crippen molar-refractivity contribution in [3.05, 3.63) is 35.9 Å². The molecule has 1 atom stereocenters. The number of likely N-dealkylation sites (tertiary alicyclic amines) is 1. The second kappa shape index (κ2) is 12.6. The Balaban J connectivity index is 0.00000261. The fourth-order valence-electron chi connectivity index (χ4n) is 3.85. The Bertz CT molecular complexity index is 542. The molecule has 1 unspecified atom stereocenters. The van der Waals surface area contributed by atoms with Gasteiger partial charge in [0.25, 0.3) is 0 Å². The van der Waals surface area contributed by atoms with Crippen molar-refractivity contribution in [2.75, 3.05) is 46.5 Å². The van der Waals surface area contributed by atoms with Crippen LogP contribution in [-0.2, 0) is 15.9 Å². The first kappa shape index (κ1) is 22.4. The molecule has 0 saturated carbocycles. The molecular weight excluding hydrogens is 453 g/mol. The molecule has 0 spiro atoms. The highest BCUT2D eigenvalue weighted by molar-refractivity contribution is 14.0. The number of aliphatic imine (C=N–C) groups is 1. The van der Waals surface area contributed by atoms with Crippen LogP contribution in [0.3, 0.4) is 0 Å². The molecule has 2 saturated heterocycles. The fourth-order valence-corrected chi connectivity index (χ4v) is 3.85. The molecule has 1 aromatic rings. The number of hydrogen-bond acceptors (Lipinski definition) is 3. The van der Waals surface area contributed by atoms with Gasteiger partial charge in [0.05, 0.1) is 19.3 Å². The van der Waals surface area contributed by atoms with Crippen molar-refractivity contribution in [2.45, 2.75) is 38.2 Å². The summed E-state index contributed by atoms with van der Waals surface area (Å²) in [7, 11) is 1.87. The monoisotopic (exact) mass is 487 g/mol. The zero-order chi connectivity index (χ0) is 18.0. The molecule has 0 aromatic heterocycles. The fraction of sp³-hybridized carbons (Fsp3) is 0.667. The van der Waals surface area contributed by atoms with E-state index in [4.69, 9.17) is 9.47 Å². The Hall–Kier alpha value is -0.860. The average molecular weight is 487 g/mol. The summed E-state index contributed by atoms with van der Waals surface area (Å²) in [6, 6.07) is 10.8. The lowest BCUT2D eigenvalue weighted by molar-refractivity contribution is 0.0189. The zero-order valence-electron chi connectivity index (χ0n) is 16.4. The van der Waals surface area contributed by atoms with Gasteiger partial charge in [-0.25, -0.2) is 0 Å². The molecule has 1 N–H and O–H groups in total. The summed E-state index contributed by atoms with van der Waals surface area (Å²) in [4.78, 5) is 6.82. The van der Waals surface area contributed by atoms with Gasteiger partial charge in [0.15, 0.2) is 5.96 Å². The van der Waals surface area contributed by atoms with E-state index >= 15 is 0 Å². The van der Waals surface area contributed by atoms with Gasteiger partial charge >= 0.3 is 0 Å².